The number of carboxylic acid groups (broad SMARTS) is 1. The van der Waals surface area contributed by atoms with Gasteiger partial charge in [-0.15, -0.1) is 22.0 Å². The maximum Gasteiger partial charge on any atom is 0.352 e. The molecule has 0 bridgehead atoms. The molecule has 1 fully saturated rings. The number of nitrogens with one attached hydrogen (secondary N) is 2. The Morgan fingerprint density at radius 3 is 2.81 bits per heavy atom. The van der Waals surface area contributed by atoms with E-state index in [4.69, 9.17) is 10.00 Å². The number of amides is 2. The number of methoxy groups -OCH3 is 1. The molecule has 0 aliphatic carbocycles. The van der Waals surface area contributed by atoms with Crippen LogP contribution in [0.5, 0.6) is 0 Å². The lowest BCUT2D eigenvalue weighted by Crippen LogP contribution is -2.80. The normalized spacial score (nSPS) is 23.7. The molecule has 2 aliphatic rings. The van der Waals surface area contributed by atoms with Crippen LogP contribution in [0.15, 0.2) is 16.4 Å². The first kappa shape index (κ1) is 23.9. The number of thioether (sulfide) groups is 2. The van der Waals surface area contributed by atoms with E-state index >= 15 is 0 Å². The van der Waals surface area contributed by atoms with Crippen molar-refractivity contribution in [3.05, 3.63) is 11.3 Å². The fourth-order valence-electron chi connectivity index (χ4n) is 3.20. The second-order valence-corrected chi connectivity index (χ2v) is 10.1. The topological polar surface area (TPSA) is 229 Å². The molecule has 4 N–H and O–H groups in total. The van der Waals surface area contributed by atoms with Gasteiger partial charge in [0.05, 0.1) is 17.1 Å². The van der Waals surface area contributed by atoms with Gasteiger partial charge in [0.25, 0.3) is 21.8 Å². The van der Waals surface area contributed by atoms with Crippen LogP contribution in [-0.2, 0) is 29.2 Å². The first-order chi connectivity index (χ1) is 15.0. The lowest BCUT2D eigenvalue weighted by Gasteiger charge is -2.56. The summed E-state index contributed by atoms with van der Waals surface area (Å²) in [6.45, 7) is 0. The summed E-state index contributed by atoms with van der Waals surface area (Å²) < 4.78 is 37.7. The van der Waals surface area contributed by atoms with E-state index in [0.29, 0.717) is 0 Å². The number of nitrogens with zero attached hydrogens (tertiary/aromatic N) is 5. The third-order valence-corrected chi connectivity index (χ3v) is 7.90. The Kier molecular flexibility index (Phi) is 6.75. The zero-order chi connectivity index (χ0) is 23.7. The van der Waals surface area contributed by atoms with E-state index in [1.165, 1.54) is 0 Å². The van der Waals surface area contributed by atoms with Crippen molar-refractivity contribution >= 4 is 51.4 Å². The van der Waals surface area contributed by atoms with Crippen LogP contribution in [0.2, 0.25) is 0 Å². The van der Waals surface area contributed by atoms with Crippen molar-refractivity contribution in [3.8, 4) is 6.07 Å². The maximum absolute atomic E-state index is 13.0. The number of fused-ring (bicyclic) bond motifs is 1. The third kappa shape index (κ3) is 4.42. The van der Waals surface area contributed by atoms with Crippen molar-refractivity contribution in [3.63, 3.8) is 0 Å². The van der Waals surface area contributed by atoms with Gasteiger partial charge < -0.3 is 15.2 Å². The molecule has 1 saturated heterocycles. The second kappa shape index (κ2) is 9.03. The number of rotatable bonds is 9. The third-order valence-electron chi connectivity index (χ3n) is 4.47. The first-order valence-electron chi connectivity index (χ1n) is 8.54. The van der Waals surface area contributed by atoms with Gasteiger partial charge in [-0.3, -0.25) is 19.0 Å². The number of tetrazole rings is 1. The van der Waals surface area contributed by atoms with E-state index in [1.807, 2.05) is 0 Å². The molecular weight excluding hydrogens is 490 g/mol. The maximum atomic E-state index is 13.0. The SMILES string of the molecule is CO[C@@]1(NC(=O)CC#N)C(=O)N2C(C(=O)O)=C(C(CS(=O)(=O)O)Sc3nn[nH]n3)CS[C@H]21. The molecule has 3 atom stereocenters. The molecule has 18 heteroatoms. The number of ether oxygens (including phenoxy) is 1. The number of carboxylic acids is 1. The summed E-state index contributed by atoms with van der Waals surface area (Å²) in [5.41, 5.74) is -2.37. The number of aliphatic carboxylic acids is 1. The lowest BCUT2D eigenvalue weighted by molar-refractivity contribution is -0.192. The summed E-state index contributed by atoms with van der Waals surface area (Å²) in [5, 5.41) is 31.6. The highest BCUT2D eigenvalue weighted by atomic mass is 32.2. The van der Waals surface area contributed by atoms with Crippen molar-refractivity contribution in [2.24, 2.45) is 0 Å². The van der Waals surface area contributed by atoms with Crippen LogP contribution in [0.25, 0.3) is 0 Å². The highest BCUT2D eigenvalue weighted by molar-refractivity contribution is 8.01. The zero-order valence-corrected chi connectivity index (χ0v) is 18.5. The van der Waals surface area contributed by atoms with Gasteiger partial charge in [-0.1, -0.05) is 11.8 Å². The quantitative estimate of drug-likeness (QED) is 0.125. The lowest BCUT2D eigenvalue weighted by atomic mass is 9.97. The number of H-pyrrole nitrogens is 1. The van der Waals surface area contributed by atoms with Crippen LogP contribution in [-0.4, -0.2) is 96.3 Å². The first-order valence-corrected chi connectivity index (χ1v) is 12.1. The molecule has 32 heavy (non-hydrogen) atoms. The Bertz CT molecular complexity index is 1120. The molecule has 15 nitrogen and oxygen atoms in total. The monoisotopic (exact) mass is 505 g/mol. The number of nitriles is 1. The molecule has 3 rings (SSSR count). The molecule has 0 saturated carbocycles. The van der Waals surface area contributed by atoms with E-state index in [-0.39, 0.29) is 16.5 Å². The minimum atomic E-state index is -4.56. The van der Waals surface area contributed by atoms with Crippen LogP contribution < -0.4 is 5.32 Å². The number of β-lactam (4-membered cyclic amide) rings is 1. The van der Waals surface area contributed by atoms with Gasteiger partial charge in [0.1, 0.15) is 17.5 Å². The number of hydrogen-bond acceptors (Lipinski definition) is 12. The Morgan fingerprint density at radius 1 is 1.56 bits per heavy atom. The van der Waals surface area contributed by atoms with Crippen LogP contribution in [0.4, 0.5) is 0 Å². The van der Waals surface area contributed by atoms with Crippen LogP contribution >= 0.6 is 23.5 Å². The van der Waals surface area contributed by atoms with E-state index in [0.717, 1.165) is 35.5 Å². The Labute approximate surface area is 188 Å². The Morgan fingerprint density at radius 2 is 2.28 bits per heavy atom. The second-order valence-electron chi connectivity index (χ2n) is 6.39. The highest BCUT2D eigenvalue weighted by Crippen LogP contribution is 2.48. The van der Waals surface area contributed by atoms with Gasteiger partial charge in [0.2, 0.25) is 11.1 Å². The van der Waals surface area contributed by atoms with Gasteiger partial charge in [-0.2, -0.15) is 18.9 Å². The Hall–Kier alpha value is -2.72. The van der Waals surface area contributed by atoms with Crippen molar-refractivity contribution < 1.29 is 37.2 Å². The summed E-state index contributed by atoms with van der Waals surface area (Å²) in [5.74, 6) is -4.18. The van der Waals surface area contributed by atoms with Crippen LogP contribution in [0, 0.1) is 11.3 Å². The van der Waals surface area contributed by atoms with Crippen molar-refractivity contribution in [1.29, 1.82) is 5.26 Å². The summed E-state index contributed by atoms with van der Waals surface area (Å²) in [6, 6.07) is 1.64. The van der Waals surface area contributed by atoms with Crippen LogP contribution in [0.3, 0.4) is 0 Å². The molecule has 2 amide bonds. The van der Waals surface area contributed by atoms with E-state index in [1.54, 1.807) is 6.07 Å². The van der Waals surface area contributed by atoms with Gasteiger partial charge in [-0.25, -0.2) is 4.79 Å². The predicted octanol–water partition coefficient (Wildman–Crippen LogP) is -1.83. The molecule has 1 aromatic rings. The molecule has 172 valence electrons. The molecule has 1 aromatic heterocycles. The van der Waals surface area contributed by atoms with Gasteiger partial charge in [0.15, 0.2) is 0 Å². The van der Waals surface area contributed by atoms with E-state index in [9.17, 15) is 32.5 Å². The predicted molar refractivity (Wildman–Crippen MR) is 106 cm³/mol. The smallest absolute Gasteiger partial charge is 0.352 e. The Balaban J connectivity index is 2.01. The van der Waals surface area contributed by atoms with Crippen molar-refractivity contribution in [2.75, 3.05) is 18.6 Å². The number of hydrogen-bond donors (Lipinski definition) is 4. The number of carbonyl (C=O) groups is 3. The van der Waals surface area contributed by atoms with E-state index in [2.05, 4.69) is 25.9 Å². The molecule has 0 radical (unpaired) electrons. The average Bonchev–Trinajstić information content (AvgIpc) is 3.22. The van der Waals surface area contributed by atoms with Crippen molar-refractivity contribution in [1.82, 2.24) is 30.8 Å². The molecule has 0 spiro atoms. The van der Waals surface area contributed by atoms with Gasteiger partial charge >= 0.3 is 5.97 Å². The molecule has 3 heterocycles. The summed E-state index contributed by atoms with van der Waals surface area (Å²) in [4.78, 5) is 37.8. The minimum absolute atomic E-state index is 0.00652. The van der Waals surface area contributed by atoms with Crippen LogP contribution in [0.1, 0.15) is 6.42 Å². The summed E-state index contributed by atoms with van der Waals surface area (Å²) >= 11 is 1.75. The average molecular weight is 506 g/mol. The minimum Gasteiger partial charge on any atom is -0.477 e. The van der Waals surface area contributed by atoms with E-state index < -0.39 is 62.1 Å². The molecular formula is C14H15N7O8S3. The van der Waals surface area contributed by atoms with Crippen molar-refractivity contribution in [2.45, 2.75) is 27.9 Å². The molecule has 2 aliphatic heterocycles. The largest absolute Gasteiger partial charge is 0.477 e. The molecule has 1 unspecified atom stereocenters. The fourth-order valence-corrected chi connectivity index (χ4v) is 6.97. The fraction of sp³-hybridized carbons (Fsp3) is 0.500. The van der Waals surface area contributed by atoms with Gasteiger partial charge in [-0.05, 0) is 10.8 Å². The number of aromatic amines is 1. The highest BCUT2D eigenvalue weighted by Gasteiger charge is 2.67. The standard InChI is InChI=1S/C14H15N7O8S3/c1-29-14(16-8(22)2-3-15)11(25)21-9(10(23)24)6(4-30-12(14)21)7(5-32(26,27)28)31-13-17-19-20-18-13/h7,12H,2,4-5H2,1H3,(H,16,22)(H,23,24)(H,26,27,28)(H,17,18,19,20)/t7?,12-,14-/m0/s1. The molecule has 0 aromatic carbocycles. The summed E-state index contributed by atoms with van der Waals surface area (Å²) in [7, 11) is -3.41. The van der Waals surface area contributed by atoms with Gasteiger partial charge in [0, 0.05) is 12.9 Å². The number of carbonyl (C=O) groups excluding carboxylic acids is 2. The zero-order valence-electron chi connectivity index (χ0n) is 16.1. The summed E-state index contributed by atoms with van der Waals surface area (Å²) in [6.07, 6.45) is -0.541. The number of aromatic nitrogens is 4.